The highest BCUT2D eigenvalue weighted by Crippen LogP contribution is 2.38. The van der Waals surface area contributed by atoms with Gasteiger partial charge >= 0.3 is 12.1 Å². The van der Waals surface area contributed by atoms with E-state index < -0.39 is 27.9 Å². The van der Waals surface area contributed by atoms with Gasteiger partial charge in [-0.1, -0.05) is 18.2 Å². The van der Waals surface area contributed by atoms with Gasteiger partial charge in [-0.3, -0.25) is 9.71 Å². The van der Waals surface area contributed by atoms with Gasteiger partial charge in [0.05, 0.1) is 23.9 Å². The summed E-state index contributed by atoms with van der Waals surface area (Å²) in [4.78, 5) is 19.2. The molecule has 0 aliphatic carbocycles. The third kappa shape index (κ3) is 4.65. The number of carbonyl (C=O) groups is 1. The van der Waals surface area contributed by atoms with Gasteiger partial charge in [0.1, 0.15) is 5.75 Å². The fourth-order valence-electron chi connectivity index (χ4n) is 3.10. The summed E-state index contributed by atoms with van der Waals surface area (Å²) in [6, 6.07) is 10.5. The number of hydrogen-bond donors (Lipinski definition) is 1. The summed E-state index contributed by atoms with van der Waals surface area (Å²) in [6.45, 7) is 0. The highest BCUT2D eigenvalue weighted by Gasteiger charge is 2.41. The first-order valence-corrected chi connectivity index (χ1v) is 11.7. The average Bonchev–Trinajstić information content (AvgIpc) is 3.30. The molecule has 2 aromatic heterocycles. The van der Waals surface area contributed by atoms with E-state index in [9.17, 15) is 26.4 Å². The maximum absolute atomic E-state index is 12.8. The number of sulfonamides is 1. The van der Waals surface area contributed by atoms with Crippen LogP contribution in [-0.4, -0.2) is 37.6 Å². The van der Waals surface area contributed by atoms with Gasteiger partial charge in [-0.2, -0.15) is 13.2 Å². The molecule has 13 heteroatoms. The third-order valence-corrected chi connectivity index (χ3v) is 6.74. The van der Waals surface area contributed by atoms with E-state index in [1.807, 2.05) is 0 Å². The van der Waals surface area contributed by atoms with E-state index in [-0.39, 0.29) is 26.5 Å². The van der Waals surface area contributed by atoms with Crippen LogP contribution < -0.4 is 14.2 Å². The van der Waals surface area contributed by atoms with E-state index in [1.54, 1.807) is 29.6 Å². The second-order valence-electron chi connectivity index (χ2n) is 6.71. The van der Waals surface area contributed by atoms with Crippen molar-refractivity contribution >= 4 is 43.2 Å². The first-order chi connectivity index (χ1) is 16.1. The Bertz CT molecular complexity index is 1470. The Labute approximate surface area is 195 Å². The van der Waals surface area contributed by atoms with Gasteiger partial charge in [-0.25, -0.2) is 18.2 Å². The number of benzene rings is 2. The number of nitrogens with one attached hydrogen (secondary N) is 1. The molecular weight excluding hydrogens is 495 g/mol. The summed E-state index contributed by atoms with van der Waals surface area (Å²) in [5.41, 5.74) is 0.788. The van der Waals surface area contributed by atoms with Crippen LogP contribution in [0.15, 0.2) is 65.1 Å². The lowest BCUT2D eigenvalue weighted by Gasteiger charge is -2.15. The second kappa shape index (κ2) is 8.91. The number of anilines is 1. The molecule has 0 saturated carbocycles. The first-order valence-electron chi connectivity index (χ1n) is 9.37. The number of carbonyl (C=O) groups excluding carboxylic acids is 1. The molecule has 0 radical (unpaired) electrons. The Hall–Kier alpha value is -3.71. The number of para-hydroxylation sites is 1. The molecular formula is C21H14F3N3O5S2. The lowest BCUT2D eigenvalue weighted by atomic mass is 10.0. The van der Waals surface area contributed by atoms with E-state index in [0.29, 0.717) is 11.3 Å². The second-order valence-corrected chi connectivity index (χ2v) is 9.29. The Morgan fingerprint density at radius 3 is 2.50 bits per heavy atom. The number of halogens is 3. The normalized spacial score (nSPS) is 11.9. The van der Waals surface area contributed by atoms with Crippen molar-refractivity contribution in [3.05, 3.63) is 60.2 Å². The molecule has 0 amide bonds. The van der Waals surface area contributed by atoms with Crippen LogP contribution in [0.25, 0.3) is 22.0 Å². The smallest absolute Gasteiger partial charge is 0.491 e. The molecule has 0 aliphatic rings. The first kappa shape index (κ1) is 23.4. The zero-order chi connectivity index (χ0) is 24.5. The van der Waals surface area contributed by atoms with Crippen molar-refractivity contribution in [2.45, 2.75) is 11.1 Å². The number of ether oxygens (including phenoxy) is 2. The predicted molar refractivity (Wildman–Crippen MR) is 118 cm³/mol. The van der Waals surface area contributed by atoms with Crippen LogP contribution in [0, 0.1) is 0 Å². The van der Waals surface area contributed by atoms with Crippen LogP contribution in [0.4, 0.5) is 18.3 Å². The van der Waals surface area contributed by atoms with Gasteiger partial charge in [0, 0.05) is 27.9 Å². The molecule has 8 nitrogen and oxygen atoms in total. The fraction of sp³-hybridized carbons (Fsp3) is 0.0952. The maximum Gasteiger partial charge on any atom is 0.491 e. The summed E-state index contributed by atoms with van der Waals surface area (Å²) in [5.74, 6) is -2.59. The molecule has 4 aromatic rings. The van der Waals surface area contributed by atoms with Gasteiger partial charge in [0.25, 0.3) is 10.0 Å². The van der Waals surface area contributed by atoms with E-state index >= 15 is 0 Å². The molecule has 4 rings (SSSR count). The topological polar surface area (TPSA) is 107 Å². The molecule has 0 atom stereocenters. The van der Waals surface area contributed by atoms with E-state index in [4.69, 9.17) is 4.74 Å². The standard InChI is InChI=1S/C21H14F3N3O5S2/c1-31-16-5-3-2-4-14(16)18-13-7-6-12(34(29,30)27-20-25-8-9-33-20)10-15(13)17(11-26-18)32-19(28)21(22,23)24/h2-11H,1H3,(H,25,27). The molecule has 176 valence electrons. The number of fused-ring (bicyclic) bond motifs is 1. The largest absolute Gasteiger partial charge is 0.496 e. The summed E-state index contributed by atoms with van der Waals surface area (Å²) in [5, 5.41) is 1.84. The Morgan fingerprint density at radius 2 is 1.82 bits per heavy atom. The molecule has 0 saturated heterocycles. The van der Waals surface area contributed by atoms with Crippen LogP contribution in [0.3, 0.4) is 0 Å². The number of pyridine rings is 1. The highest BCUT2D eigenvalue weighted by atomic mass is 32.2. The Balaban J connectivity index is 1.91. The molecule has 0 aliphatic heterocycles. The molecule has 34 heavy (non-hydrogen) atoms. The Morgan fingerprint density at radius 1 is 1.06 bits per heavy atom. The molecule has 0 spiro atoms. The van der Waals surface area contributed by atoms with Crippen molar-refractivity contribution in [2.24, 2.45) is 0 Å². The van der Waals surface area contributed by atoms with Crippen molar-refractivity contribution < 1.29 is 35.9 Å². The number of alkyl halides is 3. The van der Waals surface area contributed by atoms with Crippen LogP contribution in [0.5, 0.6) is 11.5 Å². The van der Waals surface area contributed by atoms with Crippen molar-refractivity contribution in [3.8, 4) is 22.8 Å². The Kier molecular flexibility index (Phi) is 6.15. The molecule has 2 heterocycles. The third-order valence-electron chi connectivity index (χ3n) is 4.58. The van der Waals surface area contributed by atoms with Crippen molar-refractivity contribution in [2.75, 3.05) is 11.8 Å². The summed E-state index contributed by atoms with van der Waals surface area (Å²) in [6.07, 6.45) is -2.93. The van der Waals surface area contributed by atoms with Crippen molar-refractivity contribution in [1.29, 1.82) is 0 Å². The average molecular weight is 509 g/mol. The zero-order valence-electron chi connectivity index (χ0n) is 17.2. The van der Waals surface area contributed by atoms with Crippen molar-refractivity contribution in [1.82, 2.24) is 9.97 Å². The summed E-state index contributed by atoms with van der Waals surface area (Å²) in [7, 11) is -2.71. The zero-order valence-corrected chi connectivity index (χ0v) is 18.8. The lowest BCUT2D eigenvalue weighted by Crippen LogP contribution is -2.28. The van der Waals surface area contributed by atoms with Gasteiger partial charge in [0.2, 0.25) is 0 Å². The van der Waals surface area contributed by atoms with Gasteiger partial charge in [-0.05, 0) is 24.3 Å². The number of hydrogen-bond acceptors (Lipinski definition) is 8. The van der Waals surface area contributed by atoms with Crippen LogP contribution in [0.1, 0.15) is 0 Å². The summed E-state index contributed by atoms with van der Waals surface area (Å²) < 4.78 is 76.3. The maximum atomic E-state index is 12.8. The number of rotatable bonds is 6. The predicted octanol–water partition coefficient (Wildman–Crippen LogP) is 4.64. The molecule has 1 N–H and O–H groups in total. The van der Waals surface area contributed by atoms with Crippen LogP contribution >= 0.6 is 11.3 Å². The minimum Gasteiger partial charge on any atom is -0.496 e. The van der Waals surface area contributed by atoms with E-state index in [1.165, 1.54) is 25.4 Å². The molecule has 0 bridgehead atoms. The van der Waals surface area contributed by atoms with E-state index in [2.05, 4.69) is 19.4 Å². The number of thiazole rings is 1. The minimum absolute atomic E-state index is 0.0736. The summed E-state index contributed by atoms with van der Waals surface area (Å²) >= 11 is 1.05. The van der Waals surface area contributed by atoms with Crippen LogP contribution in [-0.2, 0) is 14.8 Å². The lowest BCUT2D eigenvalue weighted by molar-refractivity contribution is -0.189. The number of methoxy groups -OCH3 is 1. The fourth-order valence-corrected chi connectivity index (χ4v) is 4.92. The molecule has 2 aromatic carbocycles. The van der Waals surface area contributed by atoms with Crippen molar-refractivity contribution in [3.63, 3.8) is 0 Å². The highest BCUT2D eigenvalue weighted by molar-refractivity contribution is 7.93. The number of esters is 1. The SMILES string of the molecule is COc1ccccc1-c1ncc(OC(=O)C(F)(F)F)c2cc(S(=O)(=O)Nc3nccs3)ccc12. The molecule has 0 unspecified atom stereocenters. The monoisotopic (exact) mass is 509 g/mol. The van der Waals surface area contributed by atoms with Gasteiger partial charge in [-0.15, -0.1) is 11.3 Å². The number of nitrogens with zero attached hydrogens (tertiary/aromatic N) is 2. The van der Waals surface area contributed by atoms with Crippen LogP contribution in [0.2, 0.25) is 0 Å². The quantitative estimate of drug-likeness (QED) is 0.378. The van der Waals surface area contributed by atoms with E-state index in [0.717, 1.165) is 23.6 Å². The minimum atomic E-state index is -5.26. The van der Waals surface area contributed by atoms with Gasteiger partial charge < -0.3 is 9.47 Å². The molecule has 0 fully saturated rings. The number of aromatic nitrogens is 2. The van der Waals surface area contributed by atoms with Gasteiger partial charge in [0.15, 0.2) is 10.9 Å².